The fourth-order valence-electron chi connectivity index (χ4n) is 5.04. The molecule has 1 saturated carbocycles. The van der Waals surface area contributed by atoms with Crippen molar-refractivity contribution in [3.8, 4) is 0 Å². The van der Waals surface area contributed by atoms with E-state index in [0.29, 0.717) is 30.9 Å². The minimum atomic E-state index is -3.69. The smallest absolute Gasteiger partial charge is 0.359 e. The molecule has 1 heterocycles. The van der Waals surface area contributed by atoms with Crippen LogP contribution in [0.2, 0.25) is 0 Å². The molecule has 11 heteroatoms. The molecule has 0 spiro atoms. The van der Waals surface area contributed by atoms with Crippen LogP contribution < -0.4 is 10.6 Å². The lowest BCUT2D eigenvalue weighted by Gasteiger charge is -2.34. The van der Waals surface area contributed by atoms with Gasteiger partial charge in [0.15, 0.2) is 5.85 Å². The number of carbonyl (C=O) groups is 2. The highest BCUT2D eigenvalue weighted by molar-refractivity contribution is 7.54. The summed E-state index contributed by atoms with van der Waals surface area (Å²) in [6.45, 7) is 1.94. The number of hydrogen-bond acceptors (Lipinski definition) is 8. The molecule has 1 aromatic heterocycles. The van der Waals surface area contributed by atoms with Crippen molar-refractivity contribution in [3.05, 3.63) is 54.1 Å². The molecule has 210 valence electrons. The van der Waals surface area contributed by atoms with Crippen LogP contribution in [0, 0.1) is 5.92 Å². The molecule has 10 nitrogen and oxygen atoms in total. The predicted octanol–water partition coefficient (Wildman–Crippen LogP) is 4.26. The van der Waals surface area contributed by atoms with Crippen molar-refractivity contribution in [2.75, 3.05) is 14.2 Å². The summed E-state index contributed by atoms with van der Waals surface area (Å²) in [4.78, 5) is 29.0. The molecule has 1 aliphatic carbocycles. The largest absolute Gasteiger partial charge is 0.379 e. The third-order valence-electron chi connectivity index (χ3n) is 7.12. The highest BCUT2D eigenvalue weighted by atomic mass is 31.2. The maximum absolute atomic E-state index is 12.9. The van der Waals surface area contributed by atoms with Crippen molar-refractivity contribution in [1.29, 1.82) is 0 Å². The normalized spacial score (nSPS) is 17.1. The van der Waals surface area contributed by atoms with Crippen LogP contribution in [0.5, 0.6) is 0 Å². The first kappa shape index (κ1) is 30.2. The second-order valence-corrected chi connectivity index (χ2v) is 12.4. The van der Waals surface area contributed by atoms with Crippen molar-refractivity contribution in [2.45, 2.75) is 82.6 Å². The minimum Gasteiger partial charge on any atom is -0.379 e. The molecule has 3 atom stereocenters. The van der Waals surface area contributed by atoms with E-state index >= 15 is 0 Å². The fraction of sp³-hybridized carbons (Fsp3) is 0.593. The topological polar surface area (TPSA) is 132 Å². The Morgan fingerprint density at radius 3 is 2.50 bits per heavy atom. The molecule has 0 aliphatic heterocycles. The molecular weight excluding hydrogens is 507 g/mol. The average molecular weight is 549 g/mol. The average Bonchev–Trinajstić information content (AvgIpc) is 3.40. The number of nitrogens with zero attached hydrogens (tertiary/aromatic N) is 2. The summed E-state index contributed by atoms with van der Waals surface area (Å²) in [6, 6.07) is 8.40. The van der Waals surface area contributed by atoms with Gasteiger partial charge in [0, 0.05) is 45.3 Å². The van der Waals surface area contributed by atoms with Crippen LogP contribution in [0.3, 0.4) is 0 Å². The van der Waals surface area contributed by atoms with E-state index in [4.69, 9.17) is 9.05 Å². The molecule has 3 N–H and O–H groups in total. The number of imide groups is 1. The number of aliphatic hydroxyl groups is 1. The first-order valence-electron chi connectivity index (χ1n) is 13.3. The van der Waals surface area contributed by atoms with Gasteiger partial charge in [0.05, 0.1) is 5.69 Å². The van der Waals surface area contributed by atoms with E-state index in [9.17, 15) is 19.3 Å². The van der Waals surface area contributed by atoms with Crippen molar-refractivity contribution >= 4 is 19.5 Å². The zero-order valence-corrected chi connectivity index (χ0v) is 23.4. The Labute approximate surface area is 225 Å². The summed E-state index contributed by atoms with van der Waals surface area (Å²) in [5.74, 6) is -1.25. The summed E-state index contributed by atoms with van der Waals surface area (Å²) in [5, 5.41) is 16.8. The van der Waals surface area contributed by atoms with Crippen LogP contribution in [-0.4, -0.2) is 58.7 Å². The highest BCUT2D eigenvalue weighted by Crippen LogP contribution is 2.52. The van der Waals surface area contributed by atoms with Crippen LogP contribution in [0.4, 0.5) is 4.79 Å². The maximum Gasteiger partial charge on any atom is 0.359 e. The first-order valence-corrected chi connectivity index (χ1v) is 14.9. The van der Waals surface area contributed by atoms with Crippen molar-refractivity contribution in [1.82, 2.24) is 20.2 Å². The molecule has 0 unspecified atom stereocenters. The number of hydrogen-bond donors (Lipinski definition) is 3. The van der Waals surface area contributed by atoms with Gasteiger partial charge in [-0.25, -0.2) is 9.78 Å². The van der Waals surface area contributed by atoms with Crippen molar-refractivity contribution < 1.29 is 28.3 Å². The van der Waals surface area contributed by atoms with Gasteiger partial charge < -0.3 is 19.5 Å². The van der Waals surface area contributed by atoms with Crippen LogP contribution in [0.25, 0.3) is 0 Å². The van der Waals surface area contributed by atoms with Crippen molar-refractivity contribution in [2.24, 2.45) is 5.92 Å². The Hall–Kier alpha value is -2.36. The zero-order chi connectivity index (χ0) is 27.5. The Bertz CT molecular complexity index is 1060. The molecule has 2 amide bonds. The third-order valence-corrected chi connectivity index (χ3v) is 9.15. The number of aliphatic hydroxyl groups excluding tert-OH is 1. The Morgan fingerprint density at radius 1 is 1.16 bits per heavy atom. The van der Waals surface area contributed by atoms with Gasteiger partial charge in [-0.05, 0) is 31.2 Å². The number of aryl methyl sites for hydroxylation is 1. The van der Waals surface area contributed by atoms with Gasteiger partial charge in [-0.2, -0.15) is 0 Å². The second kappa shape index (κ2) is 14.7. The molecule has 2 aromatic rings. The summed E-state index contributed by atoms with van der Waals surface area (Å²) in [6.07, 6.45) is 10.5. The standard InChI is InChI=1S/C27H41N4O6P/c1-20(29-24(17-22-12-8-5-9-13-22)26(33)38(35,36-2)37-3)16-23-18-31(19-28-23)27(34)30-25(32)15-14-21-10-6-4-7-11-21/h4,6-7,10-11,18-20,22,24,26,29,33H,5,8-9,12-17H2,1-3H3,(H,30,32,34)/t20-,24+,26-/m1/s1. The number of carbonyl (C=O) groups excluding carboxylic acids is 2. The summed E-state index contributed by atoms with van der Waals surface area (Å²) in [7, 11) is -1.14. The van der Waals surface area contributed by atoms with Crippen LogP contribution in [-0.2, 0) is 31.2 Å². The summed E-state index contributed by atoms with van der Waals surface area (Å²) < 4.78 is 24.4. The van der Waals surface area contributed by atoms with E-state index in [1.807, 2.05) is 37.3 Å². The van der Waals surface area contributed by atoms with Gasteiger partial charge in [0.25, 0.3) is 0 Å². The SMILES string of the molecule is COP(=O)(OC)[C@@H](O)[C@H](CC1CCCCC1)N[C@H](C)Cc1cn(C(=O)NC(=O)CCc2ccccc2)cn1. The lowest BCUT2D eigenvalue weighted by atomic mass is 9.84. The highest BCUT2D eigenvalue weighted by Gasteiger charge is 2.40. The monoisotopic (exact) mass is 548 g/mol. The maximum atomic E-state index is 12.9. The number of amides is 2. The zero-order valence-electron chi connectivity index (χ0n) is 22.5. The Morgan fingerprint density at radius 2 is 1.84 bits per heavy atom. The van der Waals surface area contributed by atoms with E-state index in [2.05, 4.69) is 15.6 Å². The van der Waals surface area contributed by atoms with Gasteiger partial charge in [-0.3, -0.25) is 19.2 Å². The molecule has 0 saturated heterocycles. The summed E-state index contributed by atoms with van der Waals surface area (Å²) in [5.41, 5.74) is 1.67. The van der Waals surface area contributed by atoms with E-state index in [0.717, 1.165) is 31.2 Å². The first-order chi connectivity index (χ1) is 18.2. The molecule has 0 bridgehead atoms. The number of imidazole rings is 1. The van der Waals surface area contributed by atoms with Gasteiger partial charge >= 0.3 is 13.6 Å². The van der Waals surface area contributed by atoms with E-state index < -0.39 is 25.5 Å². The van der Waals surface area contributed by atoms with E-state index in [1.165, 1.54) is 31.5 Å². The molecular formula is C27H41N4O6P. The van der Waals surface area contributed by atoms with E-state index in [-0.39, 0.29) is 18.4 Å². The van der Waals surface area contributed by atoms with Crippen molar-refractivity contribution in [3.63, 3.8) is 0 Å². The molecule has 1 fully saturated rings. The van der Waals surface area contributed by atoms with Crippen LogP contribution >= 0.6 is 7.60 Å². The molecule has 38 heavy (non-hydrogen) atoms. The number of aromatic nitrogens is 2. The number of rotatable bonds is 13. The molecule has 0 radical (unpaired) electrons. The third kappa shape index (κ3) is 8.85. The van der Waals surface area contributed by atoms with Gasteiger partial charge in [0.2, 0.25) is 5.91 Å². The second-order valence-electron chi connectivity index (χ2n) is 10.0. The number of benzene rings is 1. The van der Waals surface area contributed by atoms with Gasteiger partial charge in [0.1, 0.15) is 6.33 Å². The fourth-order valence-corrected chi connectivity index (χ4v) is 6.27. The number of nitrogens with one attached hydrogen (secondary N) is 2. The Balaban J connectivity index is 1.56. The quantitative estimate of drug-likeness (QED) is 0.317. The predicted molar refractivity (Wildman–Crippen MR) is 145 cm³/mol. The van der Waals surface area contributed by atoms with E-state index in [1.54, 1.807) is 6.20 Å². The van der Waals surface area contributed by atoms with Gasteiger partial charge in [-0.15, -0.1) is 0 Å². The van der Waals surface area contributed by atoms with Gasteiger partial charge in [-0.1, -0.05) is 62.4 Å². The lowest BCUT2D eigenvalue weighted by molar-refractivity contribution is -0.119. The lowest BCUT2D eigenvalue weighted by Crippen LogP contribution is -2.46. The Kier molecular flexibility index (Phi) is 11.7. The van der Waals surface area contributed by atoms with Crippen LogP contribution in [0.15, 0.2) is 42.9 Å². The molecule has 1 aromatic carbocycles. The minimum absolute atomic E-state index is 0.153. The molecule has 1 aliphatic rings. The summed E-state index contributed by atoms with van der Waals surface area (Å²) >= 11 is 0. The molecule has 3 rings (SSSR count). The van der Waals surface area contributed by atoms with Crippen LogP contribution in [0.1, 0.15) is 63.1 Å².